The molecule has 0 saturated carbocycles. The van der Waals surface area contributed by atoms with Crippen LogP contribution in [0.4, 0.5) is 0 Å². The normalized spacial score (nSPS) is 14.2. The molecule has 3 aromatic rings. The van der Waals surface area contributed by atoms with Gasteiger partial charge in [0.25, 0.3) is 0 Å². The fraction of sp³-hybridized carbons (Fsp3) is 0.185. The van der Waals surface area contributed by atoms with E-state index in [4.69, 9.17) is 14.2 Å². The molecule has 1 aliphatic rings. The third kappa shape index (κ3) is 5.63. The summed E-state index contributed by atoms with van der Waals surface area (Å²) < 4.78 is 18.3. The minimum absolute atomic E-state index is 0.247. The third-order valence-electron chi connectivity index (χ3n) is 5.11. The van der Waals surface area contributed by atoms with Gasteiger partial charge in [0, 0.05) is 9.13 Å². The fourth-order valence-corrected chi connectivity index (χ4v) is 3.65. The molecule has 0 saturated heterocycles. The van der Waals surface area contributed by atoms with Gasteiger partial charge in [-0.3, -0.25) is 0 Å². The number of aryl methyl sites for hydroxylation is 2. The lowest BCUT2D eigenvalue weighted by Gasteiger charge is -2.13. The number of hydrogen-bond donors (Lipinski definition) is 0. The van der Waals surface area contributed by atoms with Crippen LogP contribution in [0.2, 0.25) is 0 Å². The zero-order valence-electron chi connectivity index (χ0n) is 18.7. The minimum atomic E-state index is -0.473. The summed E-state index contributed by atoms with van der Waals surface area (Å²) in [4.78, 5) is 16.8. The molecule has 0 radical (unpaired) electrons. The van der Waals surface area contributed by atoms with Crippen LogP contribution >= 0.6 is 22.6 Å². The van der Waals surface area contributed by atoms with Gasteiger partial charge >= 0.3 is 5.97 Å². The highest BCUT2D eigenvalue weighted by Gasteiger charge is 2.24. The average Bonchev–Trinajstić information content (AvgIpc) is 3.16. The standard InChI is InChI=1S/C27H24INO4/c1-4-31-25-15-20(9-12-24(25)32-16-19-7-5-17(2)6-8-19)14-23-27(30)33-26(29-23)21-10-11-22(28)18(3)13-21/h5-15H,4,16H2,1-3H3/b23-14-. The van der Waals surface area contributed by atoms with Crippen LogP contribution in [0.1, 0.15) is 34.7 Å². The van der Waals surface area contributed by atoms with Crippen LogP contribution in [0.3, 0.4) is 0 Å². The van der Waals surface area contributed by atoms with Gasteiger partial charge in [-0.2, -0.15) is 0 Å². The Morgan fingerprint density at radius 1 is 0.970 bits per heavy atom. The van der Waals surface area contributed by atoms with Crippen molar-refractivity contribution >= 4 is 40.5 Å². The SMILES string of the molecule is CCOc1cc(/C=C2\N=C(c3ccc(I)c(C)c3)OC2=O)ccc1OCc1ccc(C)cc1. The van der Waals surface area contributed by atoms with Gasteiger partial charge in [0.05, 0.1) is 6.61 Å². The molecule has 0 fully saturated rings. The lowest BCUT2D eigenvalue weighted by atomic mass is 10.1. The predicted molar refractivity (Wildman–Crippen MR) is 138 cm³/mol. The van der Waals surface area contributed by atoms with Crippen LogP contribution in [0.5, 0.6) is 11.5 Å². The zero-order chi connectivity index (χ0) is 23.4. The number of hydrogen-bond acceptors (Lipinski definition) is 5. The number of halogens is 1. The Morgan fingerprint density at radius 3 is 2.48 bits per heavy atom. The Kier molecular flexibility index (Phi) is 7.13. The van der Waals surface area contributed by atoms with E-state index in [0.29, 0.717) is 30.6 Å². The van der Waals surface area contributed by atoms with Crippen molar-refractivity contribution in [3.8, 4) is 11.5 Å². The number of aliphatic imine (C=N–C) groups is 1. The van der Waals surface area contributed by atoms with Crippen molar-refractivity contribution in [1.82, 2.24) is 0 Å². The maximum absolute atomic E-state index is 12.4. The molecule has 0 unspecified atom stereocenters. The van der Waals surface area contributed by atoms with Crippen LogP contribution in [0.15, 0.2) is 71.4 Å². The molecule has 6 heteroatoms. The van der Waals surface area contributed by atoms with Crippen molar-refractivity contribution in [3.63, 3.8) is 0 Å². The summed E-state index contributed by atoms with van der Waals surface area (Å²) in [5, 5.41) is 0. The summed E-state index contributed by atoms with van der Waals surface area (Å²) in [5.74, 6) is 1.10. The summed E-state index contributed by atoms with van der Waals surface area (Å²) in [7, 11) is 0. The van der Waals surface area contributed by atoms with E-state index in [1.807, 2.05) is 62.4 Å². The summed E-state index contributed by atoms with van der Waals surface area (Å²) in [6.07, 6.45) is 1.70. The second-order valence-corrected chi connectivity index (χ2v) is 8.88. The number of nitrogens with zero attached hydrogens (tertiary/aromatic N) is 1. The van der Waals surface area contributed by atoms with Gasteiger partial charge in [-0.1, -0.05) is 35.9 Å². The Bertz CT molecular complexity index is 1250. The Morgan fingerprint density at radius 2 is 1.76 bits per heavy atom. The van der Waals surface area contributed by atoms with E-state index < -0.39 is 5.97 Å². The summed E-state index contributed by atoms with van der Waals surface area (Å²) in [6, 6.07) is 19.6. The van der Waals surface area contributed by atoms with E-state index in [0.717, 1.165) is 25.8 Å². The van der Waals surface area contributed by atoms with Crippen molar-refractivity contribution in [2.24, 2.45) is 4.99 Å². The zero-order valence-corrected chi connectivity index (χ0v) is 20.9. The summed E-state index contributed by atoms with van der Waals surface area (Å²) >= 11 is 2.27. The largest absolute Gasteiger partial charge is 0.490 e. The number of rotatable bonds is 7. The first kappa shape index (κ1) is 23.0. The Hall–Kier alpha value is -3.13. The average molecular weight is 553 g/mol. The van der Waals surface area contributed by atoms with Crippen LogP contribution in [0, 0.1) is 17.4 Å². The summed E-state index contributed by atoms with van der Waals surface area (Å²) in [5.41, 5.74) is 5.19. The molecular formula is C27H24INO4. The molecule has 168 valence electrons. The highest BCUT2D eigenvalue weighted by molar-refractivity contribution is 14.1. The fourth-order valence-electron chi connectivity index (χ4n) is 3.32. The maximum Gasteiger partial charge on any atom is 0.363 e. The number of benzene rings is 3. The van der Waals surface area contributed by atoms with Gasteiger partial charge < -0.3 is 14.2 Å². The van der Waals surface area contributed by atoms with Crippen LogP contribution in [-0.2, 0) is 16.1 Å². The van der Waals surface area contributed by atoms with E-state index in [1.54, 1.807) is 6.08 Å². The highest BCUT2D eigenvalue weighted by Crippen LogP contribution is 2.31. The molecule has 3 aromatic carbocycles. The van der Waals surface area contributed by atoms with E-state index in [9.17, 15) is 4.79 Å². The smallest absolute Gasteiger partial charge is 0.363 e. The molecule has 1 aliphatic heterocycles. The number of cyclic esters (lactones) is 1. The van der Waals surface area contributed by atoms with E-state index in [1.165, 1.54) is 5.56 Å². The van der Waals surface area contributed by atoms with Gasteiger partial charge in [-0.05, 0) is 96.5 Å². The maximum atomic E-state index is 12.4. The molecule has 4 rings (SSSR count). The van der Waals surface area contributed by atoms with Crippen molar-refractivity contribution in [2.75, 3.05) is 6.61 Å². The third-order valence-corrected chi connectivity index (χ3v) is 6.32. The van der Waals surface area contributed by atoms with E-state index in [-0.39, 0.29) is 5.70 Å². The first-order valence-corrected chi connectivity index (χ1v) is 11.7. The Labute approximate surface area is 207 Å². The number of esters is 1. The van der Waals surface area contributed by atoms with Gasteiger partial charge in [0.15, 0.2) is 17.2 Å². The number of ether oxygens (including phenoxy) is 3. The van der Waals surface area contributed by atoms with Crippen molar-refractivity contribution in [3.05, 3.63) is 97.7 Å². The molecule has 1 heterocycles. The van der Waals surface area contributed by atoms with Crippen LogP contribution in [0.25, 0.3) is 6.08 Å². The highest BCUT2D eigenvalue weighted by atomic mass is 127. The first-order chi connectivity index (χ1) is 15.9. The topological polar surface area (TPSA) is 57.1 Å². The molecule has 0 amide bonds. The van der Waals surface area contributed by atoms with E-state index >= 15 is 0 Å². The second kappa shape index (κ2) is 10.2. The lowest BCUT2D eigenvalue weighted by molar-refractivity contribution is -0.129. The molecule has 0 bridgehead atoms. The molecule has 5 nitrogen and oxygen atoms in total. The Balaban J connectivity index is 1.56. The molecule has 0 atom stereocenters. The van der Waals surface area contributed by atoms with Gasteiger partial charge in [-0.15, -0.1) is 0 Å². The molecule has 0 aromatic heterocycles. The number of carbonyl (C=O) groups excluding carboxylic acids is 1. The summed E-state index contributed by atoms with van der Waals surface area (Å²) in [6.45, 7) is 6.92. The molecule has 0 spiro atoms. The van der Waals surface area contributed by atoms with Crippen molar-refractivity contribution in [2.45, 2.75) is 27.4 Å². The monoisotopic (exact) mass is 553 g/mol. The van der Waals surface area contributed by atoms with Gasteiger partial charge in [0.1, 0.15) is 6.61 Å². The minimum Gasteiger partial charge on any atom is -0.490 e. The number of carbonyl (C=O) groups is 1. The van der Waals surface area contributed by atoms with Crippen LogP contribution in [-0.4, -0.2) is 18.5 Å². The van der Waals surface area contributed by atoms with Gasteiger partial charge in [0.2, 0.25) is 5.90 Å². The van der Waals surface area contributed by atoms with Crippen LogP contribution < -0.4 is 9.47 Å². The van der Waals surface area contributed by atoms with Crippen molar-refractivity contribution < 1.29 is 19.0 Å². The molecule has 33 heavy (non-hydrogen) atoms. The van der Waals surface area contributed by atoms with E-state index in [2.05, 4.69) is 46.6 Å². The van der Waals surface area contributed by atoms with Gasteiger partial charge in [-0.25, -0.2) is 9.79 Å². The lowest BCUT2D eigenvalue weighted by Crippen LogP contribution is -2.05. The molecule has 0 N–H and O–H groups in total. The second-order valence-electron chi connectivity index (χ2n) is 7.71. The first-order valence-electron chi connectivity index (χ1n) is 10.7. The quantitative estimate of drug-likeness (QED) is 0.198. The molecular weight excluding hydrogens is 529 g/mol. The van der Waals surface area contributed by atoms with Crippen molar-refractivity contribution in [1.29, 1.82) is 0 Å². The molecule has 0 aliphatic carbocycles. The predicted octanol–water partition coefficient (Wildman–Crippen LogP) is 6.23.